The van der Waals surface area contributed by atoms with Gasteiger partial charge in [0, 0.05) is 21.8 Å². The zero-order chi connectivity index (χ0) is 26.1. The van der Waals surface area contributed by atoms with Gasteiger partial charge in [0.25, 0.3) is 0 Å². The molecule has 0 aliphatic heterocycles. The summed E-state index contributed by atoms with van der Waals surface area (Å²) in [5, 5.41) is 1.23. The quantitative estimate of drug-likeness (QED) is 0.209. The predicted octanol–water partition coefficient (Wildman–Crippen LogP) is 9.11. The van der Waals surface area contributed by atoms with Crippen LogP contribution >= 0.6 is 11.3 Å². The van der Waals surface area contributed by atoms with Crippen molar-refractivity contribution in [2.75, 3.05) is 0 Å². The molecule has 3 heteroatoms. The van der Waals surface area contributed by atoms with Gasteiger partial charge >= 0.3 is 0 Å². The van der Waals surface area contributed by atoms with Crippen molar-refractivity contribution >= 4 is 31.6 Å². The van der Waals surface area contributed by atoms with E-state index < -0.39 is 0 Å². The van der Waals surface area contributed by atoms with Gasteiger partial charge in [0.05, 0.1) is 10.2 Å². The Kier molecular flexibility index (Phi) is 3.21. The van der Waals surface area contributed by atoms with Crippen LogP contribution in [0.2, 0.25) is 0 Å². The van der Waals surface area contributed by atoms with Crippen LogP contribution < -0.4 is 0 Å². The maximum atomic E-state index is 5.29. The third kappa shape index (κ3) is 2.19. The van der Waals surface area contributed by atoms with Crippen LogP contribution in [-0.4, -0.2) is 9.97 Å². The van der Waals surface area contributed by atoms with Crippen LogP contribution in [0, 0.1) is 0 Å². The van der Waals surface area contributed by atoms with Crippen molar-refractivity contribution in [1.82, 2.24) is 9.97 Å². The molecular formula is C38H20N2S. The Morgan fingerprint density at radius 1 is 0.512 bits per heavy atom. The second-order valence-corrected chi connectivity index (χ2v) is 13.5. The first kappa shape index (κ1) is 20.3. The van der Waals surface area contributed by atoms with E-state index in [1.807, 2.05) is 0 Å². The molecule has 0 amide bonds. The van der Waals surface area contributed by atoms with Gasteiger partial charge in [-0.3, -0.25) is 0 Å². The van der Waals surface area contributed by atoms with Crippen molar-refractivity contribution in [3.8, 4) is 55.9 Å². The van der Waals surface area contributed by atoms with E-state index >= 15 is 0 Å². The molecule has 5 aliphatic rings. The Morgan fingerprint density at radius 2 is 1.05 bits per heavy atom. The highest BCUT2D eigenvalue weighted by atomic mass is 32.1. The summed E-state index contributed by atoms with van der Waals surface area (Å²) in [6.07, 6.45) is 6.07. The maximum absolute atomic E-state index is 5.29. The van der Waals surface area contributed by atoms with Crippen molar-refractivity contribution in [2.24, 2.45) is 0 Å². The molecule has 0 saturated carbocycles. The first-order chi connectivity index (χ1) is 20.3. The average Bonchev–Trinajstić information content (AvgIpc) is 3.78. The van der Waals surface area contributed by atoms with Crippen molar-refractivity contribution in [2.45, 2.75) is 25.7 Å². The molecule has 0 saturated heterocycles. The van der Waals surface area contributed by atoms with Gasteiger partial charge in [-0.1, -0.05) is 54.6 Å². The van der Waals surface area contributed by atoms with E-state index in [0.717, 1.165) is 41.7 Å². The molecule has 0 N–H and O–H groups in total. The first-order valence-electron chi connectivity index (χ1n) is 14.6. The number of rotatable bonds is 1. The summed E-state index contributed by atoms with van der Waals surface area (Å²) in [5.41, 5.74) is 26.2. The Balaban J connectivity index is 1.25. The molecule has 0 unspecified atom stereocenters. The molecule has 7 aromatic rings. The fourth-order valence-electron chi connectivity index (χ4n) is 8.97. The molecule has 0 spiro atoms. The largest absolute Gasteiger partial charge is 0.235 e. The van der Waals surface area contributed by atoms with E-state index in [0.29, 0.717) is 0 Å². The highest BCUT2D eigenvalue weighted by Gasteiger charge is 2.42. The number of aromatic nitrogens is 2. The molecule has 0 atom stereocenters. The Labute approximate surface area is 240 Å². The molecular weight excluding hydrogens is 516 g/mol. The fraction of sp³-hybridized carbons (Fsp3) is 0.105. The minimum atomic E-state index is 0.867. The van der Waals surface area contributed by atoms with Crippen molar-refractivity contribution in [3.05, 3.63) is 117 Å². The summed E-state index contributed by atoms with van der Waals surface area (Å²) in [7, 11) is 0. The lowest BCUT2D eigenvalue weighted by molar-refractivity contribution is 1.18. The Hall–Kier alpha value is -4.60. The Bertz CT molecular complexity index is 2480. The molecule has 0 radical (unpaired) electrons. The SMILES string of the molecule is c1ccc2c(c1)sc1cnc(-c3cc4c5c6c3Cc3ccc7c(c3-6)-c3c(ccc6c3-c3c(ccc(c3-5)C4)C6)C7)nc12. The summed E-state index contributed by atoms with van der Waals surface area (Å²) in [4.78, 5) is 10.3. The smallest absolute Gasteiger partial charge is 0.160 e. The van der Waals surface area contributed by atoms with Gasteiger partial charge in [-0.15, -0.1) is 11.3 Å². The lowest BCUT2D eigenvalue weighted by atomic mass is 9.80. The number of thiophene rings is 1. The molecule has 5 aromatic carbocycles. The van der Waals surface area contributed by atoms with Gasteiger partial charge in [-0.25, -0.2) is 9.97 Å². The van der Waals surface area contributed by atoms with Crippen LogP contribution in [0.15, 0.2) is 72.9 Å². The van der Waals surface area contributed by atoms with Gasteiger partial charge in [0.2, 0.25) is 0 Å². The van der Waals surface area contributed by atoms with Crippen molar-refractivity contribution in [3.63, 3.8) is 0 Å². The van der Waals surface area contributed by atoms with E-state index in [-0.39, 0.29) is 0 Å². The summed E-state index contributed by atoms with van der Waals surface area (Å²) in [5.74, 6) is 0.867. The number of hydrogen-bond donors (Lipinski definition) is 0. The molecule has 188 valence electrons. The predicted molar refractivity (Wildman–Crippen MR) is 167 cm³/mol. The number of fused-ring (bicyclic) bond motifs is 3. The molecule has 12 rings (SSSR count). The van der Waals surface area contributed by atoms with Crippen molar-refractivity contribution < 1.29 is 0 Å². The second-order valence-electron chi connectivity index (χ2n) is 12.4. The van der Waals surface area contributed by atoms with Gasteiger partial charge in [-0.2, -0.15) is 0 Å². The molecule has 5 aliphatic carbocycles. The highest BCUT2D eigenvalue weighted by molar-refractivity contribution is 7.25. The number of nitrogens with zero attached hydrogens (tertiary/aromatic N) is 2. The van der Waals surface area contributed by atoms with Crippen LogP contribution in [0.5, 0.6) is 0 Å². The maximum Gasteiger partial charge on any atom is 0.160 e. The standard InChI is InChI=1S/C38H20N2S/c1-2-4-27-24(3-1)37-28(41-27)16-39-38(40-37)26-15-23-13-21-8-7-19-11-17-5-6-18-12-20-9-10-22-14-25(26)36-34(22)32(20)30(18)29(17)31(19)33(21)35(23)36/h1-10,15-16H,11-14H2. The summed E-state index contributed by atoms with van der Waals surface area (Å²) in [6.45, 7) is 0. The van der Waals surface area contributed by atoms with Crippen LogP contribution in [0.1, 0.15) is 44.5 Å². The van der Waals surface area contributed by atoms with Crippen LogP contribution in [0.4, 0.5) is 0 Å². The van der Waals surface area contributed by atoms with Gasteiger partial charge in [0.15, 0.2) is 5.82 Å². The molecule has 0 bridgehead atoms. The van der Waals surface area contributed by atoms with Gasteiger partial charge in [-0.05, 0) is 127 Å². The molecule has 2 nitrogen and oxygen atoms in total. The van der Waals surface area contributed by atoms with Crippen molar-refractivity contribution in [1.29, 1.82) is 0 Å². The zero-order valence-electron chi connectivity index (χ0n) is 22.1. The monoisotopic (exact) mass is 536 g/mol. The van der Waals surface area contributed by atoms with E-state index in [1.165, 1.54) is 105 Å². The minimum absolute atomic E-state index is 0.867. The van der Waals surface area contributed by atoms with Gasteiger partial charge in [0.1, 0.15) is 0 Å². The molecule has 0 fully saturated rings. The van der Waals surface area contributed by atoms with Crippen LogP contribution in [0.25, 0.3) is 76.2 Å². The van der Waals surface area contributed by atoms with Gasteiger partial charge < -0.3 is 0 Å². The zero-order valence-corrected chi connectivity index (χ0v) is 22.9. The lowest BCUT2D eigenvalue weighted by Gasteiger charge is -2.22. The van der Waals surface area contributed by atoms with Crippen LogP contribution in [-0.2, 0) is 25.7 Å². The third-order valence-electron chi connectivity index (χ3n) is 10.5. The van der Waals surface area contributed by atoms with E-state index in [9.17, 15) is 0 Å². The van der Waals surface area contributed by atoms with E-state index in [2.05, 4.69) is 72.9 Å². The topological polar surface area (TPSA) is 25.8 Å². The number of benzene rings is 5. The van der Waals surface area contributed by atoms with E-state index in [1.54, 1.807) is 11.3 Å². The van der Waals surface area contributed by atoms with Crippen LogP contribution in [0.3, 0.4) is 0 Å². The molecule has 41 heavy (non-hydrogen) atoms. The highest BCUT2D eigenvalue weighted by Crippen LogP contribution is 2.63. The second kappa shape index (κ2) is 6.48. The minimum Gasteiger partial charge on any atom is -0.235 e. The fourth-order valence-corrected chi connectivity index (χ4v) is 9.99. The molecule has 2 aromatic heterocycles. The third-order valence-corrected chi connectivity index (χ3v) is 11.6. The summed E-state index contributed by atoms with van der Waals surface area (Å²) >= 11 is 1.79. The normalized spacial score (nSPS) is 14.9. The average molecular weight is 537 g/mol. The van der Waals surface area contributed by atoms with E-state index in [4.69, 9.17) is 9.97 Å². The summed E-state index contributed by atoms with van der Waals surface area (Å²) in [6, 6.07) is 25.6. The lowest BCUT2D eigenvalue weighted by Crippen LogP contribution is -1.99. The summed E-state index contributed by atoms with van der Waals surface area (Å²) < 4.78 is 2.43. The first-order valence-corrected chi connectivity index (χ1v) is 15.4. The Morgan fingerprint density at radius 3 is 1.71 bits per heavy atom. The number of hydrogen-bond acceptors (Lipinski definition) is 3. The molecule has 2 heterocycles.